The summed E-state index contributed by atoms with van der Waals surface area (Å²) in [6.07, 6.45) is 0.0405. The first kappa shape index (κ1) is 18.3. The Morgan fingerprint density at radius 2 is 2.04 bits per heavy atom. The number of nitrogens with one attached hydrogen (secondary N) is 2. The third-order valence-corrected chi connectivity index (χ3v) is 4.60. The molecule has 1 amide bonds. The molecule has 0 bridgehead atoms. The predicted octanol–water partition coefficient (Wildman–Crippen LogP) is 4.52. The average Bonchev–Trinajstić information content (AvgIpc) is 2.95. The van der Waals surface area contributed by atoms with Crippen LogP contribution in [0.3, 0.4) is 0 Å². The van der Waals surface area contributed by atoms with Crippen molar-refractivity contribution in [3.05, 3.63) is 53.6 Å². The van der Waals surface area contributed by atoms with Gasteiger partial charge in [-0.3, -0.25) is 10.1 Å². The Morgan fingerprint density at radius 3 is 2.81 bits per heavy atom. The van der Waals surface area contributed by atoms with Crippen molar-refractivity contribution < 1.29 is 9.53 Å². The maximum atomic E-state index is 12.4. The number of rotatable bonds is 4. The van der Waals surface area contributed by atoms with Gasteiger partial charge in [-0.15, -0.1) is 0 Å². The number of carbonyl (C=O) groups is 1. The highest BCUT2D eigenvalue weighted by atomic mass is 32.1. The Bertz CT molecular complexity index is 966. The van der Waals surface area contributed by atoms with Gasteiger partial charge in [0.1, 0.15) is 5.75 Å². The molecule has 0 aliphatic carbocycles. The molecule has 1 aromatic heterocycles. The summed E-state index contributed by atoms with van der Waals surface area (Å²) in [6.45, 7) is 5.91. The van der Waals surface area contributed by atoms with Gasteiger partial charge in [0.05, 0.1) is 16.3 Å². The lowest BCUT2D eigenvalue weighted by Gasteiger charge is -2.11. The van der Waals surface area contributed by atoms with Crippen LogP contribution in [0.2, 0.25) is 0 Å². The van der Waals surface area contributed by atoms with Crippen LogP contribution in [0.5, 0.6) is 5.75 Å². The Morgan fingerprint density at radius 1 is 1.23 bits per heavy atom. The number of nitrogens with zero attached hydrogens (tertiary/aromatic N) is 1. The summed E-state index contributed by atoms with van der Waals surface area (Å²) in [4.78, 5) is 16.9. The van der Waals surface area contributed by atoms with E-state index in [4.69, 9.17) is 17.0 Å². The van der Waals surface area contributed by atoms with E-state index in [-0.39, 0.29) is 17.1 Å². The van der Waals surface area contributed by atoms with Crippen LogP contribution in [-0.2, 0) is 0 Å². The summed E-state index contributed by atoms with van der Waals surface area (Å²) in [5.41, 5.74) is 2.55. The van der Waals surface area contributed by atoms with Crippen LogP contribution in [0.25, 0.3) is 10.2 Å². The molecule has 7 heteroatoms. The number of ether oxygens (including phenoxy) is 1. The van der Waals surface area contributed by atoms with E-state index in [0.29, 0.717) is 16.4 Å². The fourth-order valence-corrected chi connectivity index (χ4v) is 3.59. The fourth-order valence-electron chi connectivity index (χ4n) is 2.37. The van der Waals surface area contributed by atoms with Gasteiger partial charge in [-0.1, -0.05) is 23.5 Å². The van der Waals surface area contributed by atoms with Crippen molar-refractivity contribution in [1.82, 2.24) is 10.3 Å². The minimum atomic E-state index is -0.298. The highest BCUT2D eigenvalue weighted by molar-refractivity contribution is 7.80. The smallest absolute Gasteiger partial charge is 0.257 e. The summed E-state index contributed by atoms with van der Waals surface area (Å²) < 4.78 is 6.68. The molecule has 0 aliphatic heterocycles. The van der Waals surface area contributed by atoms with Crippen molar-refractivity contribution in [2.24, 2.45) is 0 Å². The zero-order chi connectivity index (χ0) is 18.7. The Hall–Kier alpha value is -2.51. The lowest BCUT2D eigenvalue weighted by molar-refractivity contribution is 0.0977. The second kappa shape index (κ2) is 7.80. The second-order valence-corrected chi connectivity index (χ2v) is 7.53. The van der Waals surface area contributed by atoms with E-state index in [1.165, 1.54) is 16.9 Å². The van der Waals surface area contributed by atoms with Crippen molar-refractivity contribution in [2.45, 2.75) is 26.9 Å². The molecule has 0 aliphatic rings. The first-order chi connectivity index (χ1) is 12.4. The van der Waals surface area contributed by atoms with Gasteiger partial charge in [-0.05, 0) is 68.9 Å². The maximum absolute atomic E-state index is 12.4. The number of benzene rings is 2. The van der Waals surface area contributed by atoms with Crippen molar-refractivity contribution in [1.29, 1.82) is 0 Å². The summed E-state index contributed by atoms with van der Waals surface area (Å²) in [5.74, 6) is 0.349. The number of aromatic nitrogens is 1. The second-order valence-electron chi connectivity index (χ2n) is 6.09. The normalized spacial score (nSPS) is 10.8. The van der Waals surface area contributed by atoms with Crippen molar-refractivity contribution in [3.8, 4) is 5.75 Å². The Balaban J connectivity index is 1.66. The van der Waals surface area contributed by atoms with E-state index in [1.807, 2.05) is 39.0 Å². The van der Waals surface area contributed by atoms with E-state index in [2.05, 4.69) is 21.7 Å². The molecule has 1 heterocycles. The number of thiazole rings is 1. The van der Waals surface area contributed by atoms with Gasteiger partial charge in [0.15, 0.2) is 10.2 Å². The van der Waals surface area contributed by atoms with Crippen LogP contribution in [0.15, 0.2) is 42.5 Å². The number of fused-ring (bicyclic) bond motifs is 1. The zero-order valence-corrected chi connectivity index (χ0v) is 16.3. The molecule has 5 nitrogen and oxygen atoms in total. The lowest BCUT2D eigenvalue weighted by atomic mass is 10.2. The van der Waals surface area contributed by atoms with E-state index in [1.54, 1.807) is 18.2 Å². The highest BCUT2D eigenvalue weighted by Crippen LogP contribution is 2.26. The van der Waals surface area contributed by atoms with Crippen LogP contribution < -0.4 is 15.4 Å². The monoisotopic (exact) mass is 385 g/mol. The molecule has 0 saturated heterocycles. The molecule has 0 atom stereocenters. The van der Waals surface area contributed by atoms with Crippen LogP contribution in [0.4, 0.5) is 5.13 Å². The summed E-state index contributed by atoms with van der Waals surface area (Å²) in [5, 5.41) is 6.50. The van der Waals surface area contributed by atoms with Crippen LogP contribution >= 0.6 is 23.6 Å². The zero-order valence-electron chi connectivity index (χ0n) is 14.7. The summed E-state index contributed by atoms with van der Waals surface area (Å²) in [6, 6.07) is 13.0. The van der Waals surface area contributed by atoms with Crippen LogP contribution in [-0.4, -0.2) is 22.1 Å². The SMILES string of the molecule is Cc1ccc2nc(NC(=S)NC(=O)c3cccc(OC(C)C)c3)sc2c1. The molecule has 0 spiro atoms. The van der Waals surface area contributed by atoms with Crippen molar-refractivity contribution in [3.63, 3.8) is 0 Å². The first-order valence-corrected chi connectivity index (χ1v) is 9.39. The molecule has 3 aromatic rings. The number of amides is 1. The number of carbonyl (C=O) groups excluding carboxylic acids is 1. The maximum Gasteiger partial charge on any atom is 0.257 e. The molecule has 0 radical (unpaired) electrons. The molecule has 0 saturated carbocycles. The van der Waals surface area contributed by atoms with E-state index < -0.39 is 0 Å². The number of hydrogen-bond donors (Lipinski definition) is 2. The van der Waals surface area contributed by atoms with Gasteiger partial charge in [-0.2, -0.15) is 0 Å². The molecule has 26 heavy (non-hydrogen) atoms. The van der Waals surface area contributed by atoms with Crippen LogP contribution in [0, 0.1) is 6.92 Å². The van der Waals surface area contributed by atoms with Gasteiger partial charge in [0.2, 0.25) is 0 Å². The Kier molecular flexibility index (Phi) is 5.49. The van der Waals surface area contributed by atoms with E-state index >= 15 is 0 Å². The van der Waals surface area contributed by atoms with E-state index in [0.717, 1.165) is 10.2 Å². The van der Waals surface area contributed by atoms with Gasteiger partial charge in [0, 0.05) is 5.56 Å². The van der Waals surface area contributed by atoms with Gasteiger partial charge in [-0.25, -0.2) is 4.98 Å². The Labute approximate surface area is 161 Å². The third kappa shape index (κ3) is 4.56. The third-order valence-electron chi connectivity index (χ3n) is 3.46. The molecule has 0 unspecified atom stereocenters. The summed E-state index contributed by atoms with van der Waals surface area (Å²) >= 11 is 6.73. The number of aryl methyl sites for hydroxylation is 1. The lowest BCUT2D eigenvalue weighted by Crippen LogP contribution is -2.34. The molecule has 0 fully saturated rings. The largest absolute Gasteiger partial charge is 0.491 e. The summed E-state index contributed by atoms with van der Waals surface area (Å²) in [7, 11) is 0. The highest BCUT2D eigenvalue weighted by Gasteiger charge is 2.11. The standard InChI is InChI=1S/C19H19N3O2S2/c1-11(2)24-14-6-4-5-13(10-14)17(23)21-18(25)22-19-20-15-8-7-12(3)9-16(15)26-19/h4-11H,1-3H3,(H2,20,21,22,23,25). The molecular weight excluding hydrogens is 366 g/mol. The quantitative estimate of drug-likeness (QED) is 0.647. The molecule has 2 N–H and O–H groups in total. The van der Waals surface area contributed by atoms with Crippen molar-refractivity contribution >= 4 is 49.9 Å². The fraction of sp³-hybridized carbons (Fsp3) is 0.211. The topological polar surface area (TPSA) is 63.2 Å². The minimum Gasteiger partial charge on any atom is -0.491 e. The van der Waals surface area contributed by atoms with Crippen molar-refractivity contribution in [2.75, 3.05) is 5.32 Å². The molecule has 3 rings (SSSR count). The van der Waals surface area contributed by atoms with Crippen LogP contribution in [0.1, 0.15) is 29.8 Å². The minimum absolute atomic E-state index is 0.0405. The average molecular weight is 386 g/mol. The van der Waals surface area contributed by atoms with Gasteiger partial charge >= 0.3 is 0 Å². The van der Waals surface area contributed by atoms with Gasteiger partial charge in [0.25, 0.3) is 5.91 Å². The molecule has 134 valence electrons. The number of anilines is 1. The molecular formula is C19H19N3O2S2. The van der Waals surface area contributed by atoms with E-state index in [9.17, 15) is 4.79 Å². The predicted molar refractivity (Wildman–Crippen MR) is 110 cm³/mol. The van der Waals surface area contributed by atoms with Gasteiger partial charge < -0.3 is 10.1 Å². The number of hydrogen-bond acceptors (Lipinski definition) is 5. The molecule has 2 aromatic carbocycles. The number of thiocarbonyl (C=S) groups is 1. The first-order valence-electron chi connectivity index (χ1n) is 8.17.